The van der Waals surface area contributed by atoms with Gasteiger partial charge in [0.25, 0.3) is 11.8 Å². The fourth-order valence-electron chi connectivity index (χ4n) is 4.26. The van der Waals surface area contributed by atoms with Crippen LogP contribution in [-0.2, 0) is 23.9 Å². The molecule has 1 atom stereocenters. The highest BCUT2D eigenvalue weighted by atomic mass is 35.5. The van der Waals surface area contributed by atoms with Crippen LogP contribution in [0.25, 0.3) is 0 Å². The van der Waals surface area contributed by atoms with Gasteiger partial charge in [0.15, 0.2) is 0 Å². The maximum absolute atomic E-state index is 13.3. The van der Waals surface area contributed by atoms with Crippen molar-refractivity contribution in [1.29, 1.82) is 0 Å². The molecule has 2 saturated heterocycles. The lowest BCUT2D eigenvalue weighted by Gasteiger charge is -2.27. The van der Waals surface area contributed by atoms with Crippen LogP contribution in [0.1, 0.15) is 35.9 Å². The van der Waals surface area contributed by atoms with Crippen molar-refractivity contribution in [3.63, 3.8) is 0 Å². The second-order valence-electron chi connectivity index (χ2n) is 9.09. The van der Waals surface area contributed by atoms with Crippen molar-refractivity contribution in [3.05, 3.63) is 45.6 Å². The summed E-state index contributed by atoms with van der Waals surface area (Å²) >= 11 is 8.09. The third-order valence-corrected chi connectivity index (χ3v) is 8.04. The molecule has 41 heavy (non-hydrogen) atoms. The molecule has 0 spiro atoms. The van der Waals surface area contributed by atoms with Crippen LogP contribution in [0.2, 0.25) is 4.34 Å². The molecule has 11 nitrogen and oxygen atoms in total. The lowest BCUT2D eigenvalue weighted by atomic mass is 10.2. The number of rotatable bonds is 11. The number of cyclic esters (lactones) is 1. The molecule has 0 bridgehead atoms. The number of imide groups is 1. The molecule has 2 fully saturated rings. The Morgan fingerprint density at radius 2 is 1.80 bits per heavy atom. The van der Waals surface area contributed by atoms with Gasteiger partial charge in [-0.1, -0.05) is 11.6 Å². The van der Waals surface area contributed by atoms with Crippen molar-refractivity contribution in [3.8, 4) is 0 Å². The number of carbonyl (C=O) groups is 5. The van der Waals surface area contributed by atoms with Crippen molar-refractivity contribution >= 4 is 87.6 Å². The number of nitrogens with zero attached hydrogens (tertiary/aromatic N) is 3. The van der Waals surface area contributed by atoms with Gasteiger partial charge in [-0.25, -0.2) is 4.79 Å². The van der Waals surface area contributed by atoms with Crippen LogP contribution in [-0.4, -0.2) is 79.3 Å². The molecule has 2 aliphatic rings. The summed E-state index contributed by atoms with van der Waals surface area (Å²) in [5.41, 5.74) is 1.27. The van der Waals surface area contributed by atoms with Gasteiger partial charge in [-0.15, -0.1) is 23.7 Å². The summed E-state index contributed by atoms with van der Waals surface area (Å²) in [6.45, 7) is 2.98. The molecule has 1 N–H and O–H groups in total. The first-order valence-corrected chi connectivity index (χ1v) is 14.7. The molecule has 0 aliphatic carbocycles. The molecule has 222 valence electrons. The lowest BCUT2D eigenvalue weighted by Crippen LogP contribution is -2.43. The van der Waals surface area contributed by atoms with Crippen LogP contribution in [0.5, 0.6) is 0 Å². The Balaban J connectivity index is 0.00000462. The van der Waals surface area contributed by atoms with Gasteiger partial charge in [-0.2, -0.15) is 0 Å². The summed E-state index contributed by atoms with van der Waals surface area (Å²) < 4.78 is 14.1. The molecule has 1 aromatic carbocycles. The zero-order chi connectivity index (χ0) is 28.6. The second kappa shape index (κ2) is 15.5. The van der Waals surface area contributed by atoms with Gasteiger partial charge in [0.05, 0.1) is 28.9 Å². The topological polar surface area (TPSA) is 126 Å². The fourth-order valence-corrected chi connectivity index (χ4v) is 5.70. The van der Waals surface area contributed by atoms with Crippen molar-refractivity contribution < 1.29 is 33.4 Å². The van der Waals surface area contributed by atoms with E-state index in [2.05, 4.69) is 4.72 Å². The van der Waals surface area contributed by atoms with Gasteiger partial charge in [0, 0.05) is 37.8 Å². The molecule has 4 rings (SSSR count). The third-order valence-electron chi connectivity index (χ3n) is 6.18. The number of nitrogens with one attached hydrogen (secondary N) is 1. The van der Waals surface area contributed by atoms with Crippen molar-refractivity contribution in [1.82, 2.24) is 9.62 Å². The van der Waals surface area contributed by atoms with Crippen LogP contribution in [0, 0.1) is 0 Å². The number of amides is 4. The Hall–Kier alpha value is -2.68. The number of ether oxygens (including phenoxy) is 2. The molecule has 3 heterocycles. The smallest absolute Gasteiger partial charge is 0.414 e. The van der Waals surface area contributed by atoms with E-state index in [-0.39, 0.29) is 55.5 Å². The van der Waals surface area contributed by atoms with Crippen molar-refractivity contribution in [2.24, 2.45) is 0 Å². The van der Waals surface area contributed by atoms with Crippen LogP contribution in [0.15, 0.2) is 36.4 Å². The molecule has 0 radical (unpaired) electrons. The van der Waals surface area contributed by atoms with Crippen LogP contribution >= 0.6 is 47.3 Å². The van der Waals surface area contributed by atoms with Gasteiger partial charge in [0.2, 0.25) is 11.0 Å². The molecule has 1 aromatic heterocycles. The average Bonchev–Trinajstić information content (AvgIpc) is 3.54. The minimum Gasteiger partial charge on any atom is -0.442 e. The zero-order valence-electron chi connectivity index (χ0n) is 22.2. The maximum Gasteiger partial charge on any atom is 0.414 e. The molecular formula is C26H30Cl2N4O7S2. The van der Waals surface area contributed by atoms with Gasteiger partial charge < -0.3 is 14.4 Å². The summed E-state index contributed by atoms with van der Waals surface area (Å²) in [6.07, 6.45) is -0.0628. The minimum absolute atomic E-state index is 0. The maximum atomic E-state index is 13.3. The van der Waals surface area contributed by atoms with E-state index in [0.29, 0.717) is 53.1 Å². The number of morpholine rings is 1. The Morgan fingerprint density at radius 3 is 2.44 bits per heavy atom. The standard InChI is InChI=1S/C26H29ClN4O7S2.ClH/c1-17(32)40-28-11-3-2-4-23(33)31(25(35)21-9-10-22(27)39-21)15-20-14-30(26(36)38-20)19-7-5-18(6-8-19)29-12-13-37-16-24(29)34;/h5-10,20,28H,2-4,11-16H2,1H3;1H/t20-;/m1./s1. The average molecular weight is 646 g/mol. The van der Waals surface area contributed by atoms with Crippen molar-refractivity contribution in [2.45, 2.75) is 32.3 Å². The van der Waals surface area contributed by atoms with Crippen LogP contribution in [0.3, 0.4) is 0 Å². The lowest BCUT2D eigenvalue weighted by molar-refractivity contribution is -0.129. The highest BCUT2D eigenvalue weighted by Crippen LogP contribution is 2.27. The van der Waals surface area contributed by atoms with E-state index in [9.17, 15) is 24.0 Å². The second-order valence-corrected chi connectivity index (χ2v) is 11.9. The molecule has 15 heteroatoms. The SMILES string of the molecule is CC(=O)SNCCCCC(=O)N(C[C@H]1CN(c2ccc(N3CCOCC3=O)cc2)C(=O)O1)C(=O)c1ccc(Cl)s1.Cl. The Kier molecular flexibility index (Phi) is 12.4. The number of anilines is 2. The van der Waals surface area contributed by atoms with Crippen LogP contribution in [0.4, 0.5) is 16.2 Å². The predicted molar refractivity (Wildman–Crippen MR) is 160 cm³/mol. The minimum atomic E-state index is -0.732. The summed E-state index contributed by atoms with van der Waals surface area (Å²) in [7, 11) is 0. The van der Waals surface area contributed by atoms with Gasteiger partial charge in [0.1, 0.15) is 12.7 Å². The number of hydrogen-bond donors (Lipinski definition) is 1. The number of unbranched alkanes of at least 4 members (excludes halogenated alkanes) is 1. The Morgan fingerprint density at radius 1 is 1.10 bits per heavy atom. The van der Waals surface area contributed by atoms with E-state index >= 15 is 0 Å². The van der Waals surface area contributed by atoms with E-state index in [1.807, 2.05) is 0 Å². The normalized spacial score (nSPS) is 16.8. The molecule has 2 aromatic rings. The summed E-state index contributed by atoms with van der Waals surface area (Å²) in [4.78, 5) is 66.7. The first-order chi connectivity index (χ1) is 19.2. The number of hydrogen-bond acceptors (Lipinski definition) is 10. The first-order valence-electron chi connectivity index (χ1n) is 12.7. The monoisotopic (exact) mass is 644 g/mol. The molecular weight excluding hydrogens is 615 g/mol. The van der Waals surface area contributed by atoms with Gasteiger partial charge in [-0.3, -0.25) is 33.7 Å². The Bertz CT molecular complexity index is 1260. The number of carbonyl (C=O) groups excluding carboxylic acids is 5. The largest absolute Gasteiger partial charge is 0.442 e. The number of benzene rings is 1. The summed E-state index contributed by atoms with van der Waals surface area (Å²) in [6, 6.07) is 10.1. The quantitative estimate of drug-likeness (QED) is 0.284. The third kappa shape index (κ3) is 8.90. The van der Waals surface area contributed by atoms with Crippen molar-refractivity contribution in [2.75, 3.05) is 49.2 Å². The number of halogens is 2. The van der Waals surface area contributed by atoms with E-state index in [4.69, 9.17) is 21.1 Å². The van der Waals surface area contributed by atoms with Crippen LogP contribution < -0.4 is 14.5 Å². The van der Waals surface area contributed by atoms with E-state index in [1.54, 1.807) is 41.3 Å². The molecule has 0 saturated carbocycles. The summed E-state index contributed by atoms with van der Waals surface area (Å²) in [5.74, 6) is -1.02. The highest BCUT2D eigenvalue weighted by molar-refractivity contribution is 8.11. The zero-order valence-corrected chi connectivity index (χ0v) is 25.4. The van der Waals surface area contributed by atoms with E-state index in [1.165, 1.54) is 11.8 Å². The molecule has 0 unspecified atom stereocenters. The molecule has 4 amide bonds. The first kappa shape index (κ1) is 32.8. The van der Waals surface area contributed by atoms with Gasteiger partial charge >= 0.3 is 6.09 Å². The highest BCUT2D eigenvalue weighted by Gasteiger charge is 2.36. The predicted octanol–water partition coefficient (Wildman–Crippen LogP) is 4.14. The fraction of sp³-hybridized carbons (Fsp3) is 0.423. The van der Waals surface area contributed by atoms with E-state index < -0.39 is 18.1 Å². The van der Waals surface area contributed by atoms with Gasteiger partial charge in [-0.05, 0) is 61.2 Å². The molecule has 2 aliphatic heterocycles. The Labute approximate surface area is 257 Å². The summed E-state index contributed by atoms with van der Waals surface area (Å²) in [5, 5.41) is -0.0502. The number of thiophene rings is 1. The van der Waals surface area contributed by atoms with E-state index in [0.717, 1.165) is 28.2 Å².